The molecular weight excluding hydrogens is 813 g/mol. The molecule has 320 valence electrons. The molecule has 1 aromatic heterocycles. The van der Waals surface area contributed by atoms with E-state index in [0.717, 1.165) is 47.6 Å². The Hall–Kier alpha value is -8.06. The molecule has 67 heavy (non-hydrogen) atoms. The van der Waals surface area contributed by atoms with Gasteiger partial charge in [0.15, 0.2) is 0 Å². The van der Waals surface area contributed by atoms with Crippen molar-refractivity contribution in [1.29, 1.82) is 0 Å². The number of hydrogen-bond acceptors (Lipinski definition) is 2. The van der Waals surface area contributed by atoms with E-state index in [2.05, 4.69) is 223 Å². The van der Waals surface area contributed by atoms with Crippen LogP contribution in [0.3, 0.4) is 0 Å². The third-order valence-electron chi connectivity index (χ3n) is 14.9. The van der Waals surface area contributed by atoms with Crippen LogP contribution in [0.1, 0.15) is 64.6 Å². The Morgan fingerprint density at radius 1 is 0.716 bits per heavy atom. The van der Waals surface area contributed by atoms with E-state index in [0.29, 0.717) is 0 Å². The number of fused-ring (bicyclic) bond motifs is 12. The second-order valence-electron chi connectivity index (χ2n) is 18.4. The van der Waals surface area contributed by atoms with Gasteiger partial charge < -0.3 is 14.2 Å². The average molecular weight is 861 g/mol. The molecule has 8 aromatic carbocycles. The summed E-state index contributed by atoms with van der Waals surface area (Å²) in [6.07, 6.45) is 20.6. The number of ether oxygens (including phenoxy) is 1. The van der Waals surface area contributed by atoms with Crippen LogP contribution in [-0.4, -0.2) is 10.7 Å². The number of rotatable bonds is 7. The number of allylic oxidation sites excluding steroid dienone is 5. The lowest BCUT2D eigenvalue weighted by Crippen LogP contribution is -2.30. The monoisotopic (exact) mass is 860 g/mol. The van der Waals surface area contributed by atoms with Gasteiger partial charge in [-0.05, 0) is 143 Å². The molecule has 3 aliphatic carbocycles. The molecule has 0 fully saturated rings. The molecule has 0 amide bonds. The average Bonchev–Trinajstić information content (AvgIpc) is 4.12. The number of aryl methyl sites for hydroxylation is 1. The minimum atomic E-state index is -0.661. The minimum absolute atomic E-state index is 0.254. The van der Waals surface area contributed by atoms with Crippen molar-refractivity contribution in [3.63, 3.8) is 0 Å². The Bertz CT molecular complexity index is 3620. The van der Waals surface area contributed by atoms with Crippen LogP contribution in [0.4, 0.5) is 17.1 Å². The van der Waals surface area contributed by atoms with Crippen LogP contribution in [0.25, 0.3) is 49.7 Å². The minimum Gasteiger partial charge on any atom is -0.484 e. The maximum Gasteiger partial charge on any atom is 0.135 e. The van der Waals surface area contributed by atoms with Crippen molar-refractivity contribution in [2.75, 3.05) is 4.90 Å². The summed E-state index contributed by atoms with van der Waals surface area (Å²) in [4.78, 5) is 2.58. The lowest BCUT2D eigenvalue weighted by atomic mass is 9.65. The van der Waals surface area contributed by atoms with Crippen molar-refractivity contribution in [3.8, 4) is 46.0 Å². The van der Waals surface area contributed by atoms with Crippen molar-refractivity contribution in [1.82, 2.24) is 4.57 Å². The molecule has 3 atom stereocenters. The standard InChI is InChI=1S/C64H48N2O/c1-4-20-57-47(5-2)61-58(67-57)38-37-51-62(61)63-52(64(51,43-22-9-6-10-23-43)44-24-11-7-12-25-44)40-56(50-39-42-21-15-16-28-48(42)59(50)63)66(46-35-33-41(3)34-36-46)55-32-19-31-54-60(55)49-29-17-18-30-53(49)65(54)45-26-13-8-14-27-45/h2,4,6,8-11,13-38,40,47,57H,7,12,39H2,1,3H3/b20-4-. The van der Waals surface area contributed by atoms with Gasteiger partial charge in [-0.15, -0.1) is 6.42 Å². The summed E-state index contributed by atoms with van der Waals surface area (Å²) in [6, 6.07) is 63.1. The van der Waals surface area contributed by atoms with Gasteiger partial charge in [0.25, 0.3) is 0 Å². The molecule has 0 N–H and O–H groups in total. The molecule has 0 saturated heterocycles. The Morgan fingerprint density at radius 2 is 1.48 bits per heavy atom. The maximum atomic E-state index is 6.83. The number of benzene rings is 8. The molecule has 13 rings (SSSR count). The van der Waals surface area contributed by atoms with Crippen LogP contribution >= 0.6 is 0 Å². The predicted octanol–water partition coefficient (Wildman–Crippen LogP) is 15.8. The molecule has 0 radical (unpaired) electrons. The first-order valence-electron chi connectivity index (χ1n) is 23.7. The van der Waals surface area contributed by atoms with E-state index >= 15 is 0 Å². The van der Waals surface area contributed by atoms with Crippen LogP contribution in [0, 0.1) is 19.3 Å². The normalized spacial score (nSPS) is 18.6. The first-order chi connectivity index (χ1) is 33.1. The number of aromatic nitrogens is 1. The molecule has 3 unspecified atom stereocenters. The van der Waals surface area contributed by atoms with Crippen molar-refractivity contribution in [2.45, 2.75) is 50.5 Å². The van der Waals surface area contributed by atoms with Crippen LogP contribution in [0.5, 0.6) is 5.75 Å². The molecule has 0 bridgehead atoms. The number of nitrogens with zero attached hydrogens (tertiary/aromatic N) is 2. The van der Waals surface area contributed by atoms with E-state index in [1.54, 1.807) is 0 Å². The van der Waals surface area contributed by atoms with E-state index in [1.807, 2.05) is 6.92 Å². The van der Waals surface area contributed by atoms with E-state index < -0.39 is 5.41 Å². The largest absolute Gasteiger partial charge is 0.484 e. The summed E-state index contributed by atoms with van der Waals surface area (Å²) < 4.78 is 9.25. The molecule has 0 saturated carbocycles. The van der Waals surface area contributed by atoms with E-state index in [4.69, 9.17) is 11.2 Å². The number of hydrogen-bond donors (Lipinski definition) is 0. The van der Waals surface area contributed by atoms with Gasteiger partial charge >= 0.3 is 0 Å². The van der Waals surface area contributed by atoms with Crippen molar-refractivity contribution in [3.05, 3.63) is 245 Å². The van der Waals surface area contributed by atoms with Gasteiger partial charge in [-0.3, -0.25) is 0 Å². The molecule has 3 nitrogen and oxygen atoms in total. The first-order valence-corrected chi connectivity index (χ1v) is 23.7. The van der Waals surface area contributed by atoms with Gasteiger partial charge in [-0.2, -0.15) is 0 Å². The highest BCUT2D eigenvalue weighted by atomic mass is 16.5. The molecule has 9 aromatic rings. The van der Waals surface area contributed by atoms with Gasteiger partial charge in [-0.1, -0.05) is 151 Å². The third kappa shape index (κ3) is 5.60. The number of anilines is 3. The zero-order chi connectivity index (χ0) is 44.8. The number of terminal acetylenes is 1. The molecule has 3 heteroatoms. The highest BCUT2D eigenvalue weighted by molar-refractivity contribution is 6.17. The summed E-state index contributed by atoms with van der Waals surface area (Å²) in [5, 5.41) is 2.43. The Balaban J connectivity index is 1.21. The summed E-state index contributed by atoms with van der Waals surface area (Å²) in [7, 11) is 0. The zero-order valence-corrected chi connectivity index (χ0v) is 37.7. The van der Waals surface area contributed by atoms with Crippen molar-refractivity contribution >= 4 is 38.9 Å². The maximum absolute atomic E-state index is 6.83. The second kappa shape index (κ2) is 15.3. The van der Waals surface area contributed by atoms with Crippen molar-refractivity contribution in [2.24, 2.45) is 0 Å². The topological polar surface area (TPSA) is 17.4 Å². The molecule has 1 aliphatic heterocycles. The smallest absolute Gasteiger partial charge is 0.135 e. The summed E-state index contributed by atoms with van der Waals surface area (Å²) in [5.41, 5.74) is 21.3. The quantitative estimate of drug-likeness (QED) is 0.117. The van der Waals surface area contributed by atoms with E-state index in [-0.39, 0.29) is 12.0 Å². The first kappa shape index (κ1) is 39.3. The fraction of sp³-hybridized carbons (Fsp3) is 0.125. The Kier molecular flexibility index (Phi) is 8.96. The molecule has 4 aliphatic rings. The van der Waals surface area contributed by atoms with Crippen LogP contribution in [-0.2, 0) is 11.8 Å². The summed E-state index contributed by atoms with van der Waals surface area (Å²) >= 11 is 0. The molecular formula is C64H48N2O. The Morgan fingerprint density at radius 3 is 2.27 bits per heavy atom. The lowest BCUT2D eigenvalue weighted by molar-refractivity contribution is 0.273. The fourth-order valence-corrected chi connectivity index (χ4v) is 12.2. The predicted molar refractivity (Wildman–Crippen MR) is 277 cm³/mol. The highest BCUT2D eigenvalue weighted by Crippen LogP contribution is 2.66. The SMILES string of the molecule is C#CC1c2c(ccc3c2-c2c(cc(N(c4ccc(C)cc4)c4cccc5c4c4ccccc4n5-c4ccccc4)c4c2-c2ccccc2C4)C3(C2=CCCC=C2)c2ccccc2)OC1/C=C\C. The van der Waals surface area contributed by atoms with Gasteiger partial charge in [0.1, 0.15) is 11.9 Å². The van der Waals surface area contributed by atoms with E-state index in [1.165, 1.54) is 88.7 Å². The lowest BCUT2D eigenvalue weighted by Gasteiger charge is -2.37. The highest BCUT2D eigenvalue weighted by Gasteiger charge is 2.52. The van der Waals surface area contributed by atoms with Gasteiger partial charge in [0, 0.05) is 34.1 Å². The van der Waals surface area contributed by atoms with Crippen molar-refractivity contribution < 1.29 is 4.74 Å². The van der Waals surface area contributed by atoms with Gasteiger partial charge in [0.2, 0.25) is 0 Å². The number of para-hydroxylation sites is 2. The third-order valence-corrected chi connectivity index (χ3v) is 14.9. The zero-order valence-electron chi connectivity index (χ0n) is 37.7. The second-order valence-corrected chi connectivity index (χ2v) is 18.4. The van der Waals surface area contributed by atoms with Crippen LogP contribution < -0.4 is 9.64 Å². The van der Waals surface area contributed by atoms with Crippen LogP contribution in [0.2, 0.25) is 0 Å². The Labute approximate surface area is 392 Å². The summed E-state index contributed by atoms with van der Waals surface area (Å²) in [6.45, 7) is 4.22. The summed E-state index contributed by atoms with van der Waals surface area (Å²) in [5.74, 6) is 3.87. The van der Waals surface area contributed by atoms with E-state index in [9.17, 15) is 0 Å². The molecule has 2 heterocycles. The van der Waals surface area contributed by atoms with Crippen LogP contribution in [0.15, 0.2) is 206 Å². The van der Waals surface area contributed by atoms with Gasteiger partial charge in [-0.25, -0.2) is 0 Å². The fourth-order valence-electron chi connectivity index (χ4n) is 12.2. The molecule has 0 spiro atoms. The van der Waals surface area contributed by atoms with Gasteiger partial charge in [0.05, 0.1) is 33.7 Å².